The van der Waals surface area contributed by atoms with E-state index in [4.69, 9.17) is 17.2 Å². The number of nitrogens with two attached hydrogens (primary N) is 3. The lowest BCUT2D eigenvalue weighted by atomic mass is 9.85. The van der Waals surface area contributed by atoms with Crippen LogP contribution in [0.3, 0.4) is 0 Å². The second-order valence-electron chi connectivity index (χ2n) is 35.4. The Hall–Kier alpha value is -14.2. The summed E-state index contributed by atoms with van der Waals surface area (Å²) < 4.78 is 0. The number of amides is 19. The number of carboxylic acids is 4. The van der Waals surface area contributed by atoms with Gasteiger partial charge < -0.3 is 132 Å². The summed E-state index contributed by atoms with van der Waals surface area (Å²) in [5.74, 6) is -29.4. The first-order chi connectivity index (χ1) is 67.5. The van der Waals surface area contributed by atoms with Crippen molar-refractivity contribution < 1.29 is 136 Å². The zero-order chi connectivity index (χ0) is 106. The molecule has 778 valence electrons. The summed E-state index contributed by atoms with van der Waals surface area (Å²) in [6.45, 7) is 7.02. The lowest BCUT2D eigenvalue weighted by Gasteiger charge is -2.33. The van der Waals surface area contributed by atoms with Crippen molar-refractivity contribution in [2.45, 2.75) is 216 Å². The van der Waals surface area contributed by atoms with Crippen LogP contribution in [0.2, 0.25) is 0 Å². The molecular weight excluding hydrogens is 1930 g/mol. The minimum Gasteiger partial charge on any atom is -0.508 e. The number of nitrogens with zero attached hydrogens (tertiary/aromatic N) is 3. The first kappa shape index (κ1) is 116. The van der Waals surface area contributed by atoms with Crippen LogP contribution in [0.25, 0.3) is 10.8 Å². The summed E-state index contributed by atoms with van der Waals surface area (Å²) in [4.78, 5) is 330. The van der Waals surface area contributed by atoms with Crippen molar-refractivity contribution in [3.63, 3.8) is 0 Å². The van der Waals surface area contributed by atoms with Crippen molar-refractivity contribution in [1.29, 1.82) is 0 Å². The maximum atomic E-state index is 15.3. The van der Waals surface area contributed by atoms with E-state index in [9.17, 15) is 121 Å². The number of carbonyl (C=O) groups excluding carboxylic acids is 19. The quantitative estimate of drug-likeness (QED) is 0.0371. The van der Waals surface area contributed by atoms with Gasteiger partial charge in [0.25, 0.3) is 0 Å². The predicted molar refractivity (Wildman–Crippen MR) is 518 cm³/mol. The normalized spacial score (nSPS) is 24.5. The fraction of sp³-hybridized carbons (Fsp3) is 0.511. The number of phenolic OH excluding ortho intramolecular Hbond substituents is 1. The van der Waals surface area contributed by atoms with E-state index in [0.29, 0.717) is 21.9 Å². The van der Waals surface area contributed by atoms with Crippen LogP contribution in [0.1, 0.15) is 122 Å². The van der Waals surface area contributed by atoms with E-state index >= 15 is 14.4 Å². The summed E-state index contributed by atoms with van der Waals surface area (Å²) in [5.41, 5.74) is 16.9. The topological polar surface area (TPSA) is 750 Å². The first-order valence-corrected chi connectivity index (χ1v) is 49.3. The first-order valence-electron chi connectivity index (χ1n) is 45.8. The molecule has 4 bridgehead atoms. The average molecular weight is 2050 g/mol. The molecule has 2 unspecified atom stereocenters. The molecule has 51 heteroatoms. The monoisotopic (exact) mass is 2050 g/mol. The van der Waals surface area contributed by atoms with E-state index in [-0.39, 0.29) is 92.2 Å². The number of aliphatic carboxylic acids is 4. The van der Waals surface area contributed by atoms with Crippen LogP contribution in [-0.2, 0) is 130 Å². The van der Waals surface area contributed by atoms with Crippen LogP contribution in [0.15, 0.2) is 97.1 Å². The van der Waals surface area contributed by atoms with E-state index in [1.54, 1.807) is 48.5 Å². The zero-order valence-electron chi connectivity index (χ0n) is 79.5. The third-order valence-electron chi connectivity index (χ3n) is 23.0. The molecule has 0 saturated carbocycles. The number of thioether (sulfide) groups is 3. The van der Waals surface area contributed by atoms with Crippen molar-refractivity contribution in [3.8, 4) is 5.75 Å². The minimum absolute atomic E-state index is 0.0739. The molecule has 0 aromatic heterocycles. The van der Waals surface area contributed by atoms with E-state index in [2.05, 4.69) is 74.4 Å². The summed E-state index contributed by atoms with van der Waals surface area (Å²) in [6.07, 6.45) is -9.37. The Morgan fingerprint density at radius 1 is 0.406 bits per heavy atom. The molecule has 143 heavy (non-hydrogen) atoms. The van der Waals surface area contributed by atoms with Crippen molar-refractivity contribution in [3.05, 3.63) is 114 Å². The van der Waals surface area contributed by atoms with Gasteiger partial charge in [-0.15, -0.1) is 0 Å². The number of phenols is 1. The molecule has 19 amide bonds. The lowest BCUT2D eigenvalue weighted by molar-refractivity contribution is -0.142. The molecular formula is C92H124N20O28S3. The third-order valence-corrected chi connectivity index (χ3v) is 26.1. The number of nitrogens with one attached hydrogen (secondary N) is 14. The van der Waals surface area contributed by atoms with E-state index in [0.717, 1.165) is 49.1 Å². The van der Waals surface area contributed by atoms with Gasteiger partial charge in [0.1, 0.15) is 90.3 Å². The smallest absolute Gasteiger partial charge is 0.305 e. The number of aromatic hydroxyl groups is 1. The molecule has 3 fully saturated rings. The number of fused-ring (bicyclic) bond motifs is 10. The van der Waals surface area contributed by atoms with E-state index in [1.165, 1.54) is 90.9 Å². The highest BCUT2D eigenvalue weighted by atomic mass is 32.2. The molecule has 3 heterocycles. The van der Waals surface area contributed by atoms with Gasteiger partial charge in [0, 0.05) is 125 Å². The predicted octanol–water partition coefficient (Wildman–Crippen LogP) is -5.27. The van der Waals surface area contributed by atoms with Crippen molar-refractivity contribution in [2.75, 3.05) is 73.8 Å². The Morgan fingerprint density at radius 3 is 1.26 bits per heavy atom. The number of carboxylic acid groups (broad SMARTS) is 4. The van der Waals surface area contributed by atoms with Gasteiger partial charge in [-0.2, -0.15) is 35.3 Å². The highest BCUT2D eigenvalue weighted by Gasteiger charge is 2.42. The number of benzene rings is 4. The molecule has 3 aliphatic rings. The molecule has 15 atom stereocenters. The molecule has 3 saturated heterocycles. The van der Waals surface area contributed by atoms with Gasteiger partial charge in [0.2, 0.25) is 112 Å². The van der Waals surface area contributed by atoms with Crippen LogP contribution < -0.4 is 91.6 Å². The Bertz CT molecular complexity index is 5300. The van der Waals surface area contributed by atoms with Crippen LogP contribution in [0, 0.1) is 5.41 Å². The van der Waals surface area contributed by atoms with Crippen LogP contribution in [0.4, 0.5) is 0 Å². The molecule has 0 aliphatic carbocycles. The van der Waals surface area contributed by atoms with Crippen LogP contribution in [0.5, 0.6) is 5.75 Å². The molecule has 0 radical (unpaired) electrons. The molecule has 7 rings (SSSR count). The Labute approximate surface area is 834 Å². The lowest BCUT2D eigenvalue weighted by Crippen LogP contribution is -2.62. The van der Waals surface area contributed by atoms with Crippen molar-refractivity contribution >= 4 is 182 Å². The zero-order valence-corrected chi connectivity index (χ0v) is 81.9. The third kappa shape index (κ3) is 38.6. The minimum atomic E-state index is -2.27. The number of hydrogen-bond acceptors (Lipinski definition) is 28. The summed E-state index contributed by atoms with van der Waals surface area (Å²) in [7, 11) is 0. The molecule has 0 spiro atoms. The standard InChI is InChI=1S/C92H124N20O28S3/c1-48(93)78(127)107-66-46-142-37-28-70(116)111-32-30-110-31-33-112(35-34-111)71(117)29-38-143-47-67(108-80(129)50(3)96-83(132)61(41-54-17-12-16-53-15-10-11-18-56(53)54)103-81(130)57(23-25-72(118)119)98-86(135)62(42-68(94)114)100-79(128)49(2)97-89(66)138)90(139)99-58(24-26-73(120)121)82(131)104-63(43-74(122)123)87(136)102-59(39-51-13-8-7-9-14-51)84(133)101-60(40-52-19-21-55(113)22-20-52)85(134)105-64(44-75(124)125)88(137)109-76(92(4,5)6)91(140)106-65(77(95)126)45-141-36-27-69(110)115/h7-22,48-50,57-67,76,113H,23-47,93H2,1-6H3,(H2,94,114)(H2,95,126)(H,96,132)(H,97,138)(H,98,135)(H,99,139)(H,100,128)(H,101,133)(H,102,136)(H,103,130)(H,104,131)(H,105,134)(H,106,140)(H,107,127)(H,108,129)(H,109,137)(H,118,119)(H,120,121)(H,122,123)(H,124,125)/t48-,49+,50+,57-,58-,59-,60-,61-,62-,63-,64?,65?,66-,67-,76+/m0/s1. The molecule has 4 aromatic rings. The second-order valence-corrected chi connectivity index (χ2v) is 38.8. The van der Waals surface area contributed by atoms with Gasteiger partial charge in [-0.05, 0) is 78.6 Å². The van der Waals surface area contributed by atoms with Crippen LogP contribution in [-0.4, -0.2) is 341 Å². The van der Waals surface area contributed by atoms with E-state index < -0.39 is 309 Å². The van der Waals surface area contributed by atoms with Gasteiger partial charge in [0.15, 0.2) is 0 Å². The van der Waals surface area contributed by atoms with E-state index in [1.807, 2.05) is 0 Å². The maximum Gasteiger partial charge on any atom is 0.305 e. The van der Waals surface area contributed by atoms with Crippen LogP contribution >= 0.6 is 35.3 Å². The van der Waals surface area contributed by atoms with Gasteiger partial charge >= 0.3 is 23.9 Å². The van der Waals surface area contributed by atoms with Gasteiger partial charge in [-0.25, -0.2) is 0 Å². The molecule has 48 nitrogen and oxygen atoms in total. The fourth-order valence-electron chi connectivity index (χ4n) is 14.9. The SMILES string of the molecule is C[C@H](N)C(=O)N[C@H]1CSCCC(=O)N2CCN3CCN(CC2)C(=O)CCSC[C@H](NC(=O)[C@@H](C)NC(=O)[C@H](Cc2cccc4ccccc24)NC(=O)[C@H](CCC(=O)O)NC(=O)[C@H](CC(N)=O)NC(=O)[C@@H](C)NC1=O)C(=O)N[C@@H](CCC(=O)O)C(=O)N[C@@H](CC(=O)O)C(=O)N[C@@H](Cc1ccccc1)C(=O)N[C@@H](Cc1ccc(O)cc1)C(=O)NC(CC(=O)O)C(=O)N[C@@H](C(C)(C)C)C(=O)NC(C(N)=O)CSCCC3=O. The number of hydrogen-bond donors (Lipinski definition) is 22. The summed E-state index contributed by atoms with van der Waals surface area (Å²) in [5, 5.41) is 85.9. The molecule has 3 aliphatic heterocycles. The number of carbonyl (C=O) groups is 23. The number of primary amides is 2. The Kier molecular flexibility index (Phi) is 45.7. The summed E-state index contributed by atoms with van der Waals surface area (Å²) >= 11 is 2.77. The maximum absolute atomic E-state index is 15.3. The second kappa shape index (κ2) is 56.4. The highest BCUT2D eigenvalue weighted by molar-refractivity contribution is 7.99. The Balaban J connectivity index is 1.36. The summed E-state index contributed by atoms with van der Waals surface area (Å²) in [6, 6.07) is -2.86. The van der Waals surface area contributed by atoms with Crippen molar-refractivity contribution in [2.24, 2.45) is 22.6 Å². The van der Waals surface area contributed by atoms with Crippen molar-refractivity contribution in [1.82, 2.24) is 89.1 Å². The molecule has 25 N–H and O–H groups in total. The van der Waals surface area contributed by atoms with Gasteiger partial charge in [-0.3, -0.25) is 110 Å². The van der Waals surface area contributed by atoms with Gasteiger partial charge in [-0.1, -0.05) is 106 Å². The Morgan fingerprint density at radius 2 is 0.790 bits per heavy atom. The highest BCUT2D eigenvalue weighted by Crippen LogP contribution is 2.25. The van der Waals surface area contributed by atoms with Gasteiger partial charge in [0.05, 0.1) is 25.3 Å². The molecule has 4 aromatic carbocycles. The number of rotatable bonds is 21. The average Bonchev–Trinajstić information content (AvgIpc) is 1.02. The fourth-order valence-corrected chi connectivity index (χ4v) is 17.8. The largest absolute Gasteiger partial charge is 0.508 e.